The van der Waals surface area contributed by atoms with Crippen molar-refractivity contribution in [2.75, 3.05) is 53.0 Å². The molecule has 0 bridgehead atoms. The zero-order chi connectivity index (χ0) is 26.5. The molecule has 0 aliphatic carbocycles. The van der Waals surface area contributed by atoms with Crippen LogP contribution in [0.5, 0.6) is 0 Å². The number of carbonyl (C=O) groups excluding carboxylic acids is 5. The molecule has 0 atom stereocenters. The Balaban J connectivity index is 1.50. The van der Waals surface area contributed by atoms with Gasteiger partial charge in [-0.1, -0.05) is 0 Å². The van der Waals surface area contributed by atoms with Gasteiger partial charge in [-0.05, 0) is 45.4 Å². The lowest BCUT2D eigenvalue weighted by Crippen LogP contribution is -2.51. The summed E-state index contributed by atoms with van der Waals surface area (Å²) in [5.41, 5.74) is 0.246. The number of alkyl carbamates (subject to hydrolysis) is 1. The molecule has 2 aliphatic rings. The number of fused-ring (bicyclic) bond motifs is 1. The summed E-state index contributed by atoms with van der Waals surface area (Å²) < 4.78 is 10.1. The number of piperazine rings is 1. The molecule has 0 unspecified atom stereocenters. The SMILES string of the molecule is COCCCN1C(=O)c2ccc(C(=O)N3CCN(C(=O)CCNC(=O)OC(C)(C)C)CC3)cc2C1=O. The molecular formula is C25H34N4O7. The molecule has 2 aliphatic heterocycles. The third kappa shape index (κ3) is 6.60. The van der Waals surface area contributed by atoms with Gasteiger partial charge in [0.05, 0.1) is 11.1 Å². The highest BCUT2D eigenvalue weighted by Gasteiger charge is 2.36. The van der Waals surface area contributed by atoms with E-state index in [1.165, 1.54) is 17.0 Å². The number of carbonyl (C=O) groups is 5. The van der Waals surface area contributed by atoms with E-state index in [-0.39, 0.29) is 42.8 Å². The van der Waals surface area contributed by atoms with Crippen LogP contribution in [0.2, 0.25) is 0 Å². The Morgan fingerprint density at radius 3 is 2.25 bits per heavy atom. The van der Waals surface area contributed by atoms with E-state index in [1.807, 2.05) is 0 Å². The molecule has 196 valence electrons. The van der Waals surface area contributed by atoms with Crippen LogP contribution in [0.25, 0.3) is 0 Å². The minimum absolute atomic E-state index is 0.117. The zero-order valence-corrected chi connectivity index (χ0v) is 21.3. The smallest absolute Gasteiger partial charge is 0.407 e. The summed E-state index contributed by atoms with van der Waals surface area (Å²) in [5, 5.41) is 2.57. The van der Waals surface area contributed by atoms with Crippen molar-refractivity contribution in [3.05, 3.63) is 34.9 Å². The lowest BCUT2D eigenvalue weighted by Gasteiger charge is -2.35. The summed E-state index contributed by atoms with van der Waals surface area (Å²) in [6.45, 7) is 7.57. The summed E-state index contributed by atoms with van der Waals surface area (Å²) in [6, 6.07) is 4.56. The number of ether oxygens (including phenoxy) is 2. The van der Waals surface area contributed by atoms with Crippen molar-refractivity contribution in [2.24, 2.45) is 0 Å². The van der Waals surface area contributed by atoms with Gasteiger partial charge >= 0.3 is 6.09 Å². The van der Waals surface area contributed by atoms with Gasteiger partial charge in [0.15, 0.2) is 0 Å². The Hall–Kier alpha value is -3.47. The average Bonchev–Trinajstić information content (AvgIpc) is 3.07. The number of nitrogens with one attached hydrogen (secondary N) is 1. The summed E-state index contributed by atoms with van der Waals surface area (Å²) >= 11 is 0. The molecule has 0 radical (unpaired) electrons. The van der Waals surface area contributed by atoms with Crippen LogP contribution in [0.15, 0.2) is 18.2 Å². The molecule has 11 heteroatoms. The molecule has 0 aromatic heterocycles. The van der Waals surface area contributed by atoms with Crippen LogP contribution < -0.4 is 5.32 Å². The Kier molecular flexibility index (Phi) is 8.67. The van der Waals surface area contributed by atoms with E-state index < -0.39 is 17.6 Å². The van der Waals surface area contributed by atoms with Crippen LogP contribution in [0, 0.1) is 0 Å². The largest absolute Gasteiger partial charge is 0.444 e. The molecule has 0 saturated carbocycles. The number of methoxy groups -OCH3 is 1. The second-order valence-corrected chi connectivity index (χ2v) is 9.72. The van der Waals surface area contributed by atoms with Crippen LogP contribution in [0.1, 0.15) is 64.7 Å². The fourth-order valence-electron chi connectivity index (χ4n) is 4.08. The molecule has 0 spiro atoms. The highest BCUT2D eigenvalue weighted by molar-refractivity contribution is 6.22. The van der Waals surface area contributed by atoms with E-state index in [9.17, 15) is 24.0 Å². The van der Waals surface area contributed by atoms with Crippen LogP contribution in [0.4, 0.5) is 4.79 Å². The van der Waals surface area contributed by atoms with Gasteiger partial charge in [0.2, 0.25) is 5.91 Å². The minimum atomic E-state index is -0.609. The molecule has 1 N–H and O–H groups in total. The predicted octanol–water partition coefficient (Wildman–Crippen LogP) is 1.52. The Morgan fingerprint density at radius 2 is 1.61 bits per heavy atom. The number of amides is 5. The first-order valence-corrected chi connectivity index (χ1v) is 12.0. The second-order valence-electron chi connectivity index (χ2n) is 9.72. The van der Waals surface area contributed by atoms with E-state index in [0.717, 1.165) is 0 Å². The van der Waals surface area contributed by atoms with E-state index in [1.54, 1.807) is 43.7 Å². The summed E-state index contributed by atoms with van der Waals surface area (Å²) in [6.07, 6.45) is 0.0985. The summed E-state index contributed by atoms with van der Waals surface area (Å²) in [7, 11) is 1.56. The third-order valence-corrected chi connectivity index (χ3v) is 5.87. The first-order chi connectivity index (χ1) is 17.0. The highest BCUT2D eigenvalue weighted by atomic mass is 16.6. The van der Waals surface area contributed by atoms with Crippen LogP contribution >= 0.6 is 0 Å². The van der Waals surface area contributed by atoms with Gasteiger partial charge in [-0.3, -0.25) is 24.1 Å². The number of imide groups is 1. The first-order valence-electron chi connectivity index (χ1n) is 12.0. The van der Waals surface area contributed by atoms with Crippen molar-refractivity contribution in [1.82, 2.24) is 20.0 Å². The molecule has 11 nitrogen and oxygen atoms in total. The van der Waals surface area contributed by atoms with Crippen molar-refractivity contribution in [3.8, 4) is 0 Å². The number of benzene rings is 1. The molecule has 5 amide bonds. The van der Waals surface area contributed by atoms with Gasteiger partial charge in [0, 0.05) is 65.0 Å². The van der Waals surface area contributed by atoms with Crippen LogP contribution in [0.3, 0.4) is 0 Å². The van der Waals surface area contributed by atoms with Gasteiger partial charge < -0.3 is 24.6 Å². The van der Waals surface area contributed by atoms with E-state index in [0.29, 0.717) is 50.3 Å². The quantitative estimate of drug-likeness (QED) is 0.422. The Bertz CT molecular complexity index is 1030. The topological polar surface area (TPSA) is 126 Å². The lowest BCUT2D eigenvalue weighted by atomic mass is 10.0. The van der Waals surface area contributed by atoms with E-state index in [4.69, 9.17) is 9.47 Å². The second kappa shape index (κ2) is 11.5. The maximum absolute atomic E-state index is 13.1. The van der Waals surface area contributed by atoms with Crippen LogP contribution in [-0.2, 0) is 14.3 Å². The van der Waals surface area contributed by atoms with Gasteiger partial charge in [-0.25, -0.2) is 4.79 Å². The predicted molar refractivity (Wildman–Crippen MR) is 130 cm³/mol. The van der Waals surface area contributed by atoms with Gasteiger partial charge in [-0.15, -0.1) is 0 Å². The van der Waals surface area contributed by atoms with Crippen molar-refractivity contribution in [1.29, 1.82) is 0 Å². The Labute approximate surface area is 210 Å². The van der Waals surface area contributed by atoms with Crippen LogP contribution in [-0.4, -0.2) is 103 Å². The van der Waals surface area contributed by atoms with Crippen molar-refractivity contribution >= 4 is 29.7 Å². The monoisotopic (exact) mass is 502 g/mol. The average molecular weight is 503 g/mol. The number of hydrogen-bond acceptors (Lipinski definition) is 7. The maximum atomic E-state index is 13.1. The van der Waals surface area contributed by atoms with E-state index >= 15 is 0 Å². The number of nitrogens with zero attached hydrogens (tertiary/aromatic N) is 3. The van der Waals surface area contributed by atoms with Crippen molar-refractivity contribution in [3.63, 3.8) is 0 Å². The normalized spacial score (nSPS) is 15.7. The van der Waals surface area contributed by atoms with Gasteiger partial charge in [0.1, 0.15) is 5.60 Å². The molecule has 36 heavy (non-hydrogen) atoms. The van der Waals surface area contributed by atoms with Gasteiger partial charge in [-0.2, -0.15) is 0 Å². The number of hydrogen-bond donors (Lipinski definition) is 1. The summed E-state index contributed by atoms with van der Waals surface area (Å²) in [5.74, 6) is -1.14. The maximum Gasteiger partial charge on any atom is 0.407 e. The first kappa shape index (κ1) is 27.1. The van der Waals surface area contributed by atoms with E-state index in [2.05, 4.69) is 5.32 Å². The zero-order valence-electron chi connectivity index (χ0n) is 21.3. The molecule has 1 fully saturated rings. The number of rotatable bonds is 8. The Morgan fingerprint density at radius 1 is 0.972 bits per heavy atom. The molecule has 1 aromatic carbocycles. The molecule has 2 heterocycles. The molecule has 1 aromatic rings. The molecule has 3 rings (SSSR count). The minimum Gasteiger partial charge on any atom is -0.444 e. The molecular weight excluding hydrogens is 468 g/mol. The fraction of sp³-hybridized carbons (Fsp3) is 0.560. The van der Waals surface area contributed by atoms with Gasteiger partial charge in [0.25, 0.3) is 17.7 Å². The molecule has 1 saturated heterocycles. The standard InChI is InChI=1S/C25H34N4O7/c1-25(2,3)36-24(34)26-9-8-20(30)27-11-13-28(14-12-27)21(31)17-6-7-18-19(16-17)23(33)29(22(18)32)10-5-15-35-4/h6-7,16H,5,8-15H2,1-4H3,(H,26,34). The van der Waals surface area contributed by atoms with Crippen molar-refractivity contribution < 1.29 is 33.4 Å². The summed E-state index contributed by atoms with van der Waals surface area (Å²) in [4.78, 5) is 67.0. The lowest BCUT2D eigenvalue weighted by molar-refractivity contribution is -0.132. The fourth-order valence-corrected chi connectivity index (χ4v) is 4.08. The third-order valence-electron chi connectivity index (χ3n) is 5.87. The van der Waals surface area contributed by atoms with Crippen molar-refractivity contribution in [2.45, 2.75) is 39.2 Å². The highest BCUT2D eigenvalue weighted by Crippen LogP contribution is 2.25.